The number of hydrogen-bond donors (Lipinski definition) is 2. The van der Waals surface area contributed by atoms with Gasteiger partial charge in [0.25, 0.3) is 11.8 Å². The maximum absolute atomic E-state index is 12.6. The SMILES string of the molecule is CCc1ccc(NC(=O)c2cc(C(=O)Nc3ccc(CC)cc3)n(C)n2)cc1. The van der Waals surface area contributed by atoms with Gasteiger partial charge in [0.05, 0.1) is 0 Å². The number of aryl methyl sites for hydroxylation is 3. The van der Waals surface area contributed by atoms with Gasteiger partial charge in [0.1, 0.15) is 5.69 Å². The minimum absolute atomic E-state index is 0.188. The summed E-state index contributed by atoms with van der Waals surface area (Å²) in [5, 5.41) is 9.81. The summed E-state index contributed by atoms with van der Waals surface area (Å²) in [5.74, 6) is -0.670. The second kappa shape index (κ2) is 8.52. The van der Waals surface area contributed by atoms with Crippen LogP contribution in [-0.4, -0.2) is 21.6 Å². The van der Waals surface area contributed by atoms with Crippen molar-refractivity contribution in [3.05, 3.63) is 77.1 Å². The van der Waals surface area contributed by atoms with Crippen molar-refractivity contribution in [2.24, 2.45) is 7.05 Å². The number of amides is 2. The molecular formula is C22H24N4O2. The molecule has 0 saturated carbocycles. The molecule has 0 atom stereocenters. The molecule has 0 aliphatic carbocycles. The average molecular weight is 376 g/mol. The standard InChI is InChI=1S/C22H24N4O2/c1-4-15-6-10-17(11-7-15)23-21(27)19-14-20(26(3)25-19)22(28)24-18-12-8-16(5-2)9-13-18/h6-14H,4-5H2,1-3H3,(H,23,27)(H,24,28). The number of nitrogens with zero attached hydrogens (tertiary/aromatic N) is 2. The highest BCUT2D eigenvalue weighted by atomic mass is 16.2. The van der Waals surface area contributed by atoms with Gasteiger partial charge in [0.2, 0.25) is 0 Å². The summed E-state index contributed by atoms with van der Waals surface area (Å²) in [6.07, 6.45) is 1.88. The van der Waals surface area contributed by atoms with Crippen molar-refractivity contribution >= 4 is 23.2 Å². The summed E-state index contributed by atoms with van der Waals surface area (Å²) in [5.41, 5.74) is 4.28. The van der Waals surface area contributed by atoms with E-state index in [2.05, 4.69) is 29.6 Å². The number of rotatable bonds is 6. The molecule has 0 aliphatic rings. The van der Waals surface area contributed by atoms with Gasteiger partial charge in [-0.3, -0.25) is 14.3 Å². The highest BCUT2D eigenvalue weighted by Crippen LogP contribution is 2.14. The lowest BCUT2D eigenvalue weighted by Gasteiger charge is -2.05. The lowest BCUT2D eigenvalue weighted by Crippen LogP contribution is -2.16. The van der Waals surface area contributed by atoms with E-state index in [1.54, 1.807) is 7.05 Å². The van der Waals surface area contributed by atoms with E-state index in [9.17, 15) is 9.59 Å². The van der Waals surface area contributed by atoms with E-state index in [0.29, 0.717) is 17.1 Å². The minimum Gasteiger partial charge on any atom is -0.321 e. The predicted octanol–water partition coefficient (Wildman–Crippen LogP) is 4.05. The van der Waals surface area contributed by atoms with Crippen LogP contribution in [0.25, 0.3) is 0 Å². The molecule has 1 heterocycles. The molecule has 0 aliphatic heterocycles. The van der Waals surface area contributed by atoms with Gasteiger partial charge < -0.3 is 10.6 Å². The van der Waals surface area contributed by atoms with Crippen LogP contribution < -0.4 is 10.6 Å². The Morgan fingerprint density at radius 1 is 0.821 bits per heavy atom. The molecule has 0 bridgehead atoms. The normalized spacial score (nSPS) is 10.5. The predicted molar refractivity (Wildman–Crippen MR) is 111 cm³/mol. The highest BCUT2D eigenvalue weighted by molar-refractivity contribution is 6.07. The van der Waals surface area contributed by atoms with Crippen molar-refractivity contribution in [2.45, 2.75) is 26.7 Å². The molecule has 6 heteroatoms. The molecule has 0 spiro atoms. The number of aromatic nitrogens is 2. The fourth-order valence-corrected chi connectivity index (χ4v) is 2.83. The van der Waals surface area contributed by atoms with Crippen LogP contribution in [0.15, 0.2) is 54.6 Å². The fourth-order valence-electron chi connectivity index (χ4n) is 2.83. The summed E-state index contributed by atoms with van der Waals surface area (Å²) in [6.45, 7) is 4.15. The number of carbonyl (C=O) groups is 2. The van der Waals surface area contributed by atoms with Crippen molar-refractivity contribution in [2.75, 3.05) is 10.6 Å². The Hall–Kier alpha value is -3.41. The van der Waals surface area contributed by atoms with Crippen LogP contribution in [0.2, 0.25) is 0 Å². The minimum atomic E-state index is -0.355. The Balaban J connectivity index is 1.70. The number of carbonyl (C=O) groups excluding carboxylic acids is 2. The molecule has 28 heavy (non-hydrogen) atoms. The molecule has 0 saturated heterocycles. The molecule has 2 amide bonds. The largest absolute Gasteiger partial charge is 0.321 e. The molecule has 0 radical (unpaired) electrons. The van der Waals surface area contributed by atoms with Crippen LogP contribution in [0.4, 0.5) is 11.4 Å². The molecule has 2 aromatic carbocycles. The number of hydrogen-bond acceptors (Lipinski definition) is 3. The van der Waals surface area contributed by atoms with Crippen molar-refractivity contribution in [1.29, 1.82) is 0 Å². The second-order valence-electron chi connectivity index (χ2n) is 6.55. The van der Waals surface area contributed by atoms with Gasteiger partial charge in [-0.25, -0.2) is 0 Å². The van der Waals surface area contributed by atoms with Crippen molar-refractivity contribution in [3.63, 3.8) is 0 Å². The van der Waals surface area contributed by atoms with Gasteiger partial charge in [-0.1, -0.05) is 38.1 Å². The lowest BCUT2D eigenvalue weighted by atomic mass is 10.1. The van der Waals surface area contributed by atoms with Gasteiger partial charge in [-0.15, -0.1) is 0 Å². The molecule has 3 rings (SSSR count). The summed E-state index contributed by atoms with van der Waals surface area (Å²) >= 11 is 0. The molecular weight excluding hydrogens is 352 g/mol. The molecule has 3 aromatic rings. The zero-order valence-corrected chi connectivity index (χ0v) is 16.3. The van der Waals surface area contributed by atoms with Gasteiger partial charge in [0.15, 0.2) is 5.69 Å². The van der Waals surface area contributed by atoms with E-state index < -0.39 is 0 Å². The molecule has 6 nitrogen and oxygen atoms in total. The van der Waals surface area contributed by atoms with Crippen molar-refractivity contribution < 1.29 is 9.59 Å². The topological polar surface area (TPSA) is 76.0 Å². The summed E-state index contributed by atoms with van der Waals surface area (Å²) < 4.78 is 1.41. The zero-order chi connectivity index (χ0) is 20.1. The molecule has 2 N–H and O–H groups in total. The van der Waals surface area contributed by atoms with Crippen LogP contribution in [0.3, 0.4) is 0 Å². The molecule has 144 valence electrons. The Kier molecular flexibility index (Phi) is 5.89. The van der Waals surface area contributed by atoms with E-state index in [0.717, 1.165) is 12.8 Å². The third-order valence-corrected chi connectivity index (χ3v) is 4.59. The average Bonchev–Trinajstić information content (AvgIpc) is 3.11. The Morgan fingerprint density at radius 3 is 1.75 bits per heavy atom. The summed E-state index contributed by atoms with van der Waals surface area (Å²) in [6, 6.07) is 16.8. The van der Waals surface area contributed by atoms with E-state index in [1.807, 2.05) is 48.5 Å². The van der Waals surface area contributed by atoms with Crippen LogP contribution in [0.1, 0.15) is 46.0 Å². The number of benzene rings is 2. The van der Waals surface area contributed by atoms with Crippen molar-refractivity contribution in [3.8, 4) is 0 Å². The first-order valence-corrected chi connectivity index (χ1v) is 9.34. The second-order valence-corrected chi connectivity index (χ2v) is 6.55. The molecule has 0 fully saturated rings. The lowest BCUT2D eigenvalue weighted by molar-refractivity contribution is 0.101. The third kappa shape index (κ3) is 4.46. The van der Waals surface area contributed by atoms with Gasteiger partial charge in [0, 0.05) is 24.5 Å². The first kappa shape index (κ1) is 19.4. The van der Waals surface area contributed by atoms with Crippen LogP contribution >= 0.6 is 0 Å². The van der Waals surface area contributed by atoms with E-state index >= 15 is 0 Å². The van der Waals surface area contributed by atoms with Crippen LogP contribution in [0.5, 0.6) is 0 Å². The highest BCUT2D eigenvalue weighted by Gasteiger charge is 2.18. The fraction of sp³-hybridized carbons (Fsp3) is 0.227. The summed E-state index contributed by atoms with van der Waals surface area (Å²) in [4.78, 5) is 25.0. The van der Waals surface area contributed by atoms with Crippen LogP contribution in [-0.2, 0) is 19.9 Å². The first-order chi connectivity index (χ1) is 13.5. The van der Waals surface area contributed by atoms with Crippen molar-refractivity contribution in [1.82, 2.24) is 9.78 Å². The zero-order valence-electron chi connectivity index (χ0n) is 16.3. The quantitative estimate of drug-likeness (QED) is 0.681. The van der Waals surface area contributed by atoms with Gasteiger partial charge >= 0.3 is 0 Å². The Morgan fingerprint density at radius 2 is 1.29 bits per heavy atom. The smallest absolute Gasteiger partial charge is 0.276 e. The monoisotopic (exact) mass is 376 g/mol. The number of anilines is 2. The van der Waals surface area contributed by atoms with E-state index in [-0.39, 0.29) is 17.5 Å². The molecule has 1 aromatic heterocycles. The first-order valence-electron chi connectivity index (χ1n) is 9.34. The molecule has 0 unspecified atom stereocenters. The third-order valence-electron chi connectivity index (χ3n) is 4.59. The number of nitrogens with one attached hydrogen (secondary N) is 2. The Bertz CT molecular complexity index is 973. The maximum Gasteiger partial charge on any atom is 0.276 e. The van der Waals surface area contributed by atoms with E-state index in [1.165, 1.54) is 21.9 Å². The van der Waals surface area contributed by atoms with E-state index in [4.69, 9.17) is 0 Å². The van der Waals surface area contributed by atoms with Gasteiger partial charge in [-0.05, 0) is 48.2 Å². The van der Waals surface area contributed by atoms with Gasteiger partial charge in [-0.2, -0.15) is 5.10 Å². The van der Waals surface area contributed by atoms with Crippen LogP contribution in [0, 0.1) is 0 Å². The summed E-state index contributed by atoms with van der Waals surface area (Å²) in [7, 11) is 1.64. The Labute approximate surface area is 164 Å². The maximum atomic E-state index is 12.6.